The van der Waals surface area contributed by atoms with Crippen LogP contribution < -0.4 is 10.6 Å². The zero-order valence-corrected chi connectivity index (χ0v) is 13.5. The van der Waals surface area contributed by atoms with E-state index in [0.717, 1.165) is 19.6 Å². The van der Waals surface area contributed by atoms with E-state index in [1.807, 2.05) is 11.8 Å². The van der Waals surface area contributed by atoms with Gasteiger partial charge in [-0.1, -0.05) is 6.42 Å². The normalized spacial score (nSPS) is 23.4. The smallest absolute Gasteiger partial charge is 0.230 e. The number of carbonyl (C=O) groups is 1. The Balaban J connectivity index is 1.56. The van der Waals surface area contributed by atoms with Crippen LogP contribution in [0.5, 0.6) is 0 Å². The minimum Gasteiger partial charge on any atom is -0.354 e. The first-order chi connectivity index (χ1) is 9.75. The van der Waals surface area contributed by atoms with Crippen LogP contribution in [0, 0.1) is 0 Å². The number of amides is 1. The highest BCUT2D eigenvalue weighted by atomic mass is 32.2. The van der Waals surface area contributed by atoms with Gasteiger partial charge in [0, 0.05) is 17.8 Å². The maximum atomic E-state index is 11.9. The van der Waals surface area contributed by atoms with Gasteiger partial charge in [-0.3, -0.25) is 9.69 Å². The highest BCUT2D eigenvalue weighted by Gasteiger charge is 2.18. The van der Waals surface area contributed by atoms with Gasteiger partial charge in [0.2, 0.25) is 5.91 Å². The molecule has 2 rings (SSSR count). The fraction of sp³-hybridized carbons (Fsp3) is 0.933. The van der Waals surface area contributed by atoms with Crippen molar-refractivity contribution in [3.05, 3.63) is 0 Å². The number of hydrogen-bond donors (Lipinski definition) is 2. The average Bonchev–Trinajstić information content (AvgIpc) is 2.52. The Hall–Kier alpha value is -0.260. The molecule has 0 radical (unpaired) electrons. The minimum absolute atomic E-state index is 0.206. The summed E-state index contributed by atoms with van der Waals surface area (Å²) in [5.74, 6) is 0.828. The summed E-state index contributed by atoms with van der Waals surface area (Å²) in [5.41, 5.74) is 0. The second-order valence-electron chi connectivity index (χ2n) is 6.01. The first kappa shape index (κ1) is 16.1. The molecule has 1 unspecified atom stereocenters. The van der Waals surface area contributed by atoms with Gasteiger partial charge in [-0.15, -0.1) is 11.8 Å². The Morgan fingerprint density at radius 2 is 2.00 bits per heavy atom. The van der Waals surface area contributed by atoms with Crippen LogP contribution >= 0.6 is 11.8 Å². The Morgan fingerprint density at radius 1 is 1.30 bits per heavy atom. The van der Waals surface area contributed by atoms with E-state index in [4.69, 9.17) is 0 Å². The summed E-state index contributed by atoms with van der Waals surface area (Å²) in [6, 6.07) is 0.475. The van der Waals surface area contributed by atoms with Crippen LogP contribution in [0.2, 0.25) is 0 Å². The molecule has 0 bridgehead atoms. The molecule has 0 aliphatic carbocycles. The Labute approximate surface area is 127 Å². The predicted octanol–water partition coefficient (Wildman–Crippen LogP) is 1.46. The van der Waals surface area contributed by atoms with E-state index in [-0.39, 0.29) is 5.91 Å². The molecule has 2 saturated heterocycles. The van der Waals surface area contributed by atoms with Crippen molar-refractivity contribution >= 4 is 17.7 Å². The fourth-order valence-electron chi connectivity index (χ4n) is 2.96. The molecule has 2 fully saturated rings. The quantitative estimate of drug-likeness (QED) is 0.779. The third-order valence-corrected chi connectivity index (χ3v) is 5.72. The van der Waals surface area contributed by atoms with Gasteiger partial charge in [-0.25, -0.2) is 0 Å². The molecule has 1 atom stereocenters. The van der Waals surface area contributed by atoms with E-state index in [1.54, 1.807) is 0 Å². The molecule has 1 amide bonds. The minimum atomic E-state index is 0.206. The number of carbonyl (C=O) groups excluding carboxylic acids is 1. The summed E-state index contributed by atoms with van der Waals surface area (Å²) in [4.78, 5) is 14.4. The lowest BCUT2D eigenvalue weighted by Crippen LogP contribution is -2.44. The lowest BCUT2D eigenvalue weighted by atomic mass is 10.1. The van der Waals surface area contributed by atoms with E-state index in [2.05, 4.69) is 22.5 Å². The van der Waals surface area contributed by atoms with E-state index < -0.39 is 0 Å². The third kappa shape index (κ3) is 5.62. The van der Waals surface area contributed by atoms with E-state index in [9.17, 15) is 4.79 Å². The molecular formula is C15H29N3OS. The largest absolute Gasteiger partial charge is 0.354 e. The molecule has 0 saturated carbocycles. The SMILES string of the molecule is CC(CNC(=O)CSC1CCNCC1)N1CCCCC1. The first-order valence-corrected chi connectivity index (χ1v) is 9.13. The molecule has 2 heterocycles. The highest BCUT2D eigenvalue weighted by Crippen LogP contribution is 2.19. The molecule has 5 heteroatoms. The number of hydrogen-bond acceptors (Lipinski definition) is 4. The zero-order valence-electron chi connectivity index (χ0n) is 12.7. The molecule has 0 aromatic rings. The Kier molecular flexibility index (Phi) is 7.17. The summed E-state index contributed by atoms with van der Waals surface area (Å²) in [6.07, 6.45) is 6.38. The summed E-state index contributed by atoms with van der Waals surface area (Å²) < 4.78 is 0. The van der Waals surface area contributed by atoms with Gasteiger partial charge >= 0.3 is 0 Å². The highest BCUT2D eigenvalue weighted by molar-refractivity contribution is 8.00. The van der Waals surface area contributed by atoms with Gasteiger partial charge in [-0.05, 0) is 58.8 Å². The molecule has 2 aliphatic heterocycles. The van der Waals surface area contributed by atoms with Gasteiger partial charge in [0.05, 0.1) is 5.75 Å². The molecule has 4 nitrogen and oxygen atoms in total. The standard InChI is InChI=1S/C15H29N3OS/c1-13(18-9-3-2-4-10-18)11-17-15(19)12-20-14-5-7-16-8-6-14/h13-14,16H,2-12H2,1H3,(H,17,19). The molecule has 2 aliphatic rings. The molecule has 0 aromatic carbocycles. The van der Waals surface area contributed by atoms with Crippen molar-refractivity contribution < 1.29 is 4.79 Å². The maximum Gasteiger partial charge on any atom is 0.230 e. The molecule has 116 valence electrons. The van der Waals surface area contributed by atoms with Crippen LogP contribution in [0.15, 0.2) is 0 Å². The summed E-state index contributed by atoms with van der Waals surface area (Å²) in [7, 11) is 0. The lowest BCUT2D eigenvalue weighted by Gasteiger charge is -2.32. The van der Waals surface area contributed by atoms with Crippen molar-refractivity contribution in [2.24, 2.45) is 0 Å². The number of thioether (sulfide) groups is 1. The summed E-state index contributed by atoms with van der Waals surface area (Å²) >= 11 is 1.83. The van der Waals surface area contributed by atoms with Crippen LogP contribution in [-0.4, -0.2) is 60.6 Å². The molecule has 0 aromatic heterocycles. The number of nitrogens with zero attached hydrogens (tertiary/aromatic N) is 1. The molecule has 2 N–H and O–H groups in total. The van der Waals surface area contributed by atoms with E-state index in [1.165, 1.54) is 45.2 Å². The van der Waals surface area contributed by atoms with Crippen molar-refractivity contribution in [1.29, 1.82) is 0 Å². The van der Waals surface area contributed by atoms with Crippen LogP contribution in [0.4, 0.5) is 0 Å². The van der Waals surface area contributed by atoms with Crippen molar-refractivity contribution in [2.75, 3.05) is 38.5 Å². The first-order valence-electron chi connectivity index (χ1n) is 8.09. The van der Waals surface area contributed by atoms with Crippen molar-refractivity contribution in [1.82, 2.24) is 15.5 Å². The van der Waals surface area contributed by atoms with Crippen molar-refractivity contribution in [3.8, 4) is 0 Å². The van der Waals surface area contributed by atoms with Crippen molar-refractivity contribution in [3.63, 3.8) is 0 Å². The van der Waals surface area contributed by atoms with Crippen LogP contribution in [0.3, 0.4) is 0 Å². The van der Waals surface area contributed by atoms with Crippen LogP contribution in [-0.2, 0) is 4.79 Å². The van der Waals surface area contributed by atoms with Gasteiger partial charge in [0.25, 0.3) is 0 Å². The van der Waals surface area contributed by atoms with Gasteiger partial charge in [-0.2, -0.15) is 0 Å². The van der Waals surface area contributed by atoms with Crippen molar-refractivity contribution in [2.45, 2.75) is 50.3 Å². The number of piperidine rings is 2. The van der Waals surface area contributed by atoms with Crippen LogP contribution in [0.1, 0.15) is 39.0 Å². The lowest BCUT2D eigenvalue weighted by molar-refractivity contribution is -0.118. The maximum absolute atomic E-state index is 11.9. The fourth-order valence-corrected chi connectivity index (χ4v) is 4.01. The third-order valence-electron chi connectivity index (χ3n) is 4.34. The topological polar surface area (TPSA) is 44.4 Å². The predicted molar refractivity (Wildman–Crippen MR) is 86.2 cm³/mol. The average molecular weight is 299 g/mol. The summed E-state index contributed by atoms with van der Waals surface area (Å²) in [6.45, 7) is 7.62. The number of nitrogens with one attached hydrogen (secondary N) is 2. The van der Waals surface area contributed by atoms with E-state index in [0.29, 0.717) is 17.0 Å². The molecule has 0 spiro atoms. The Morgan fingerprint density at radius 3 is 2.70 bits per heavy atom. The van der Waals surface area contributed by atoms with Gasteiger partial charge in [0.1, 0.15) is 0 Å². The van der Waals surface area contributed by atoms with Gasteiger partial charge in [0.15, 0.2) is 0 Å². The molecule has 20 heavy (non-hydrogen) atoms. The number of rotatable bonds is 6. The number of likely N-dealkylation sites (tertiary alicyclic amines) is 1. The summed E-state index contributed by atoms with van der Waals surface area (Å²) in [5, 5.41) is 7.13. The monoisotopic (exact) mass is 299 g/mol. The second-order valence-corrected chi connectivity index (χ2v) is 7.30. The van der Waals surface area contributed by atoms with E-state index >= 15 is 0 Å². The van der Waals surface area contributed by atoms with Crippen LogP contribution in [0.25, 0.3) is 0 Å². The second kappa shape index (κ2) is 8.90. The molecular weight excluding hydrogens is 270 g/mol. The Bertz CT molecular complexity index is 289. The van der Waals surface area contributed by atoms with Gasteiger partial charge < -0.3 is 10.6 Å². The zero-order chi connectivity index (χ0) is 14.2.